The van der Waals surface area contributed by atoms with Crippen LogP contribution in [-0.4, -0.2) is 4.98 Å². The van der Waals surface area contributed by atoms with E-state index >= 15 is 0 Å². The molecular weight excluding hydrogens is 200 g/mol. The molecule has 76 valence electrons. The third kappa shape index (κ3) is 2.08. The van der Waals surface area contributed by atoms with E-state index in [9.17, 15) is 8.78 Å². The van der Waals surface area contributed by atoms with Crippen LogP contribution in [0.15, 0.2) is 6.20 Å². The van der Waals surface area contributed by atoms with E-state index in [1.807, 2.05) is 6.07 Å². The first-order valence-electron chi connectivity index (χ1n) is 4.15. The van der Waals surface area contributed by atoms with Crippen molar-refractivity contribution < 1.29 is 8.78 Å². The van der Waals surface area contributed by atoms with Crippen LogP contribution >= 0.6 is 0 Å². The molecule has 0 unspecified atom stereocenters. The quantitative estimate of drug-likeness (QED) is 0.747. The minimum absolute atomic E-state index is 0.0811. The van der Waals surface area contributed by atoms with Crippen LogP contribution in [0.3, 0.4) is 0 Å². The van der Waals surface area contributed by atoms with E-state index in [1.54, 1.807) is 13.0 Å². The van der Waals surface area contributed by atoms with E-state index < -0.39 is 12.0 Å². The fourth-order valence-corrected chi connectivity index (χ4v) is 1.26. The van der Waals surface area contributed by atoms with Crippen LogP contribution in [0.4, 0.5) is 8.78 Å². The van der Waals surface area contributed by atoms with Crippen molar-refractivity contribution in [2.24, 2.45) is 0 Å². The molecule has 15 heavy (non-hydrogen) atoms. The van der Waals surface area contributed by atoms with Crippen LogP contribution in [0, 0.1) is 29.6 Å². The third-order valence-electron chi connectivity index (χ3n) is 2.03. The van der Waals surface area contributed by atoms with Gasteiger partial charge in [0.15, 0.2) is 0 Å². The molecule has 0 aliphatic heterocycles. The summed E-state index contributed by atoms with van der Waals surface area (Å²) in [7, 11) is 0. The highest BCUT2D eigenvalue weighted by Gasteiger charge is 2.18. The number of halogens is 2. The Balaban J connectivity index is 3.43. The first-order valence-corrected chi connectivity index (χ1v) is 4.15. The van der Waals surface area contributed by atoms with Crippen molar-refractivity contribution in [1.29, 1.82) is 10.5 Å². The maximum absolute atomic E-state index is 12.5. The van der Waals surface area contributed by atoms with Gasteiger partial charge in [-0.05, 0) is 6.92 Å². The molecule has 1 aromatic rings. The Morgan fingerprint density at radius 3 is 2.60 bits per heavy atom. The number of rotatable bonds is 2. The summed E-state index contributed by atoms with van der Waals surface area (Å²) in [5, 5.41) is 17.3. The van der Waals surface area contributed by atoms with Gasteiger partial charge in [0, 0.05) is 17.5 Å². The Labute approximate surface area is 85.6 Å². The molecular formula is C10H7F2N3. The molecule has 0 aromatic carbocycles. The number of alkyl halides is 2. The molecule has 0 saturated carbocycles. The molecule has 0 aliphatic carbocycles. The number of aromatic nitrogens is 1. The summed E-state index contributed by atoms with van der Waals surface area (Å²) in [4.78, 5) is 3.75. The van der Waals surface area contributed by atoms with E-state index in [4.69, 9.17) is 10.5 Å². The molecule has 3 nitrogen and oxygen atoms in total. The number of hydrogen-bond acceptors (Lipinski definition) is 3. The topological polar surface area (TPSA) is 60.5 Å². The number of hydrogen-bond donors (Lipinski definition) is 0. The van der Waals surface area contributed by atoms with Crippen LogP contribution < -0.4 is 0 Å². The van der Waals surface area contributed by atoms with Gasteiger partial charge in [-0.25, -0.2) is 8.78 Å². The van der Waals surface area contributed by atoms with Crippen LogP contribution in [0.1, 0.15) is 28.8 Å². The van der Waals surface area contributed by atoms with Gasteiger partial charge in [0.25, 0.3) is 6.43 Å². The fraction of sp³-hybridized carbons (Fsp3) is 0.300. The molecule has 1 aromatic heterocycles. The largest absolute Gasteiger partial charge is 0.266 e. The van der Waals surface area contributed by atoms with Gasteiger partial charge in [-0.15, -0.1) is 0 Å². The van der Waals surface area contributed by atoms with Crippen LogP contribution in [0.5, 0.6) is 0 Å². The zero-order chi connectivity index (χ0) is 11.4. The van der Waals surface area contributed by atoms with E-state index in [2.05, 4.69) is 4.98 Å². The second-order valence-corrected chi connectivity index (χ2v) is 2.90. The lowest BCUT2D eigenvalue weighted by atomic mass is 10.0. The molecule has 0 saturated heterocycles. The van der Waals surface area contributed by atoms with Crippen molar-refractivity contribution in [2.45, 2.75) is 19.8 Å². The fourth-order valence-electron chi connectivity index (χ4n) is 1.26. The van der Waals surface area contributed by atoms with Gasteiger partial charge in [0.1, 0.15) is 6.07 Å². The van der Waals surface area contributed by atoms with Crippen molar-refractivity contribution in [3.63, 3.8) is 0 Å². The molecule has 0 radical (unpaired) electrons. The van der Waals surface area contributed by atoms with E-state index in [1.165, 1.54) is 0 Å². The van der Waals surface area contributed by atoms with Crippen molar-refractivity contribution in [1.82, 2.24) is 4.98 Å². The van der Waals surface area contributed by atoms with Gasteiger partial charge in [0.05, 0.1) is 23.6 Å². The lowest BCUT2D eigenvalue weighted by molar-refractivity contribution is 0.150. The first-order chi connectivity index (χ1) is 7.11. The van der Waals surface area contributed by atoms with Crippen LogP contribution in [-0.2, 0) is 6.42 Å². The van der Waals surface area contributed by atoms with Crippen LogP contribution in [0.2, 0.25) is 0 Å². The number of aryl methyl sites for hydroxylation is 1. The number of nitrogens with zero attached hydrogens (tertiary/aromatic N) is 3. The maximum Gasteiger partial charge on any atom is 0.266 e. The van der Waals surface area contributed by atoms with Gasteiger partial charge < -0.3 is 0 Å². The van der Waals surface area contributed by atoms with Gasteiger partial charge in [-0.3, -0.25) is 4.98 Å². The SMILES string of the molecule is Cc1ncc(C(F)F)c(C#N)c1CC#N. The summed E-state index contributed by atoms with van der Waals surface area (Å²) in [5.41, 5.74) is 0.197. The molecule has 0 bridgehead atoms. The highest BCUT2D eigenvalue weighted by molar-refractivity contribution is 5.46. The van der Waals surface area contributed by atoms with Crippen molar-refractivity contribution in [3.05, 3.63) is 28.6 Å². The van der Waals surface area contributed by atoms with Crippen molar-refractivity contribution in [2.75, 3.05) is 0 Å². The molecule has 0 spiro atoms. The van der Waals surface area contributed by atoms with Crippen LogP contribution in [0.25, 0.3) is 0 Å². The Hall–Kier alpha value is -2.01. The van der Waals surface area contributed by atoms with E-state index in [0.717, 1.165) is 6.20 Å². The normalized spacial score (nSPS) is 9.73. The number of nitriles is 2. The lowest BCUT2D eigenvalue weighted by Crippen LogP contribution is -2.02. The Bertz CT molecular complexity index is 455. The summed E-state index contributed by atoms with van der Waals surface area (Å²) < 4.78 is 25.0. The van der Waals surface area contributed by atoms with Crippen molar-refractivity contribution in [3.8, 4) is 12.1 Å². The predicted octanol–water partition coefficient (Wildman–Crippen LogP) is 2.27. The van der Waals surface area contributed by atoms with E-state index in [0.29, 0.717) is 5.69 Å². The molecule has 1 rings (SSSR count). The van der Waals surface area contributed by atoms with Gasteiger partial charge in [0.2, 0.25) is 0 Å². The van der Waals surface area contributed by atoms with Gasteiger partial charge in [-0.1, -0.05) is 0 Å². The molecule has 1 heterocycles. The average molecular weight is 207 g/mol. The smallest absolute Gasteiger partial charge is 0.261 e. The standard InChI is InChI=1S/C10H7F2N3/c1-6-7(2-3-13)8(4-14)9(5-15-6)10(11)12/h5,10H,2H2,1H3. The lowest BCUT2D eigenvalue weighted by Gasteiger charge is -2.08. The summed E-state index contributed by atoms with van der Waals surface area (Å²) in [6.45, 7) is 1.59. The highest BCUT2D eigenvalue weighted by atomic mass is 19.3. The molecule has 0 atom stereocenters. The summed E-state index contributed by atoms with van der Waals surface area (Å²) in [5.74, 6) is 0. The van der Waals surface area contributed by atoms with Crippen molar-refractivity contribution >= 4 is 0 Å². The first kappa shape index (κ1) is 11.1. The monoisotopic (exact) mass is 207 g/mol. The zero-order valence-corrected chi connectivity index (χ0v) is 7.96. The minimum Gasteiger partial charge on any atom is -0.261 e. The van der Waals surface area contributed by atoms with Gasteiger partial charge >= 0.3 is 0 Å². The minimum atomic E-state index is -2.75. The molecule has 0 N–H and O–H groups in total. The highest BCUT2D eigenvalue weighted by Crippen LogP contribution is 2.25. The maximum atomic E-state index is 12.5. The Morgan fingerprint density at radius 1 is 1.47 bits per heavy atom. The van der Waals surface area contributed by atoms with Gasteiger partial charge in [-0.2, -0.15) is 10.5 Å². The Kier molecular flexibility index (Phi) is 3.30. The Morgan fingerprint density at radius 2 is 2.13 bits per heavy atom. The molecule has 5 heteroatoms. The molecule has 0 fully saturated rings. The molecule has 0 amide bonds. The summed E-state index contributed by atoms with van der Waals surface area (Å²) in [6, 6.07) is 3.53. The second-order valence-electron chi connectivity index (χ2n) is 2.90. The number of pyridine rings is 1. The summed E-state index contributed by atoms with van der Waals surface area (Å²) >= 11 is 0. The average Bonchev–Trinajstić information content (AvgIpc) is 2.20. The third-order valence-corrected chi connectivity index (χ3v) is 2.03. The predicted molar refractivity (Wildman–Crippen MR) is 48.0 cm³/mol. The van der Waals surface area contributed by atoms with E-state index in [-0.39, 0.29) is 17.5 Å². The second kappa shape index (κ2) is 4.47. The zero-order valence-electron chi connectivity index (χ0n) is 7.96. The summed E-state index contributed by atoms with van der Waals surface area (Å²) in [6.07, 6.45) is -1.84. The molecule has 0 aliphatic rings.